The Bertz CT molecular complexity index is 646. The quantitative estimate of drug-likeness (QED) is 0.724. The van der Waals surface area contributed by atoms with Gasteiger partial charge in [0.05, 0.1) is 18.8 Å². The normalized spacial score (nSPS) is 23.1. The van der Waals surface area contributed by atoms with Gasteiger partial charge in [-0.3, -0.25) is 4.90 Å². The smallest absolute Gasteiger partial charge is 0.240 e. The fourth-order valence-electron chi connectivity index (χ4n) is 3.75. The Morgan fingerprint density at radius 3 is 2.27 bits per heavy atom. The van der Waals surface area contributed by atoms with Crippen LogP contribution < -0.4 is 0 Å². The lowest BCUT2D eigenvalue weighted by Gasteiger charge is -2.26. The Morgan fingerprint density at radius 1 is 0.962 bits per heavy atom. The van der Waals surface area contributed by atoms with Gasteiger partial charge in [0.2, 0.25) is 5.89 Å². The van der Waals surface area contributed by atoms with Crippen LogP contribution in [0.1, 0.15) is 43.0 Å². The van der Waals surface area contributed by atoms with E-state index in [4.69, 9.17) is 14.0 Å². The van der Waals surface area contributed by atoms with Gasteiger partial charge in [-0.05, 0) is 31.2 Å². The summed E-state index contributed by atoms with van der Waals surface area (Å²) in [6.45, 7) is 4.20. The second-order valence-electron chi connectivity index (χ2n) is 7.23. The molecule has 3 heterocycles. The van der Waals surface area contributed by atoms with Crippen LogP contribution >= 0.6 is 0 Å². The van der Waals surface area contributed by atoms with Crippen LogP contribution in [0.15, 0.2) is 34.9 Å². The SMILES string of the molecule is c1ccc(Cc2noc(CN(C[C@@H]3CCCO3)C[C@@H]3CCCO3)n2)cc1. The molecule has 0 saturated carbocycles. The van der Waals surface area contributed by atoms with E-state index in [1.54, 1.807) is 0 Å². The summed E-state index contributed by atoms with van der Waals surface area (Å²) in [6, 6.07) is 10.2. The molecule has 1 aromatic carbocycles. The molecule has 4 rings (SSSR count). The molecule has 0 N–H and O–H groups in total. The van der Waals surface area contributed by atoms with Gasteiger partial charge in [0.15, 0.2) is 5.82 Å². The molecule has 2 aliphatic rings. The molecule has 0 amide bonds. The molecule has 6 nitrogen and oxygen atoms in total. The molecule has 2 aromatic rings. The molecule has 140 valence electrons. The van der Waals surface area contributed by atoms with Gasteiger partial charge >= 0.3 is 0 Å². The van der Waals surface area contributed by atoms with Gasteiger partial charge in [0.1, 0.15) is 0 Å². The summed E-state index contributed by atoms with van der Waals surface area (Å²) in [6.07, 6.45) is 5.88. The third-order valence-corrected chi connectivity index (χ3v) is 5.05. The highest BCUT2D eigenvalue weighted by atomic mass is 16.5. The third kappa shape index (κ3) is 4.90. The van der Waals surface area contributed by atoms with Crippen molar-refractivity contribution >= 4 is 0 Å². The summed E-state index contributed by atoms with van der Waals surface area (Å²) in [5, 5.41) is 4.15. The lowest BCUT2D eigenvalue weighted by molar-refractivity contribution is 0.0309. The standard InChI is InChI=1S/C20H27N3O3/c1-2-6-16(7-3-1)12-19-21-20(26-22-19)15-23(13-17-8-4-10-24-17)14-18-9-5-11-25-18/h1-3,6-7,17-18H,4-5,8-15H2/t17-,18-/m0/s1. The van der Waals surface area contributed by atoms with E-state index >= 15 is 0 Å². The number of ether oxygens (including phenoxy) is 2. The number of hydrogen-bond donors (Lipinski definition) is 0. The maximum Gasteiger partial charge on any atom is 0.240 e. The molecule has 26 heavy (non-hydrogen) atoms. The molecule has 1 aromatic heterocycles. The van der Waals surface area contributed by atoms with Crippen LogP contribution in [-0.4, -0.2) is 53.6 Å². The Morgan fingerprint density at radius 2 is 1.65 bits per heavy atom. The molecular weight excluding hydrogens is 330 g/mol. The zero-order valence-corrected chi connectivity index (χ0v) is 15.2. The molecule has 2 aliphatic heterocycles. The van der Waals surface area contributed by atoms with Crippen molar-refractivity contribution in [3.63, 3.8) is 0 Å². The molecule has 2 atom stereocenters. The molecule has 0 bridgehead atoms. The molecule has 0 unspecified atom stereocenters. The third-order valence-electron chi connectivity index (χ3n) is 5.05. The monoisotopic (exact) mass is 357 g/mol. The van der Waals surface area contributed by atoms with Crippen LogP contribution in [0.3, 0.4) is 0 Å². The van der Waals surface area contributed by atoms with Crippen LogP contribution in [0.5, 0.6) is 0 Å². The first-order valence-corrected chi connectivity index (χ1v) is 9.66. The van der Waals surface area contributed by atoms with Crippen LogP contribution in [0.2, 0.25) is 0 Å². The minimum Gasteiger partial charge on any atom is -0.377 e. The summed E-state index contributed by atoms with van der Waals surface area (Å²) >= 11 is 0. The Hall–Kier alpha value is -1.76. The van der Waals surface area contributed by atoms with Crippen molar-refractivity contribution in [2.45, 2.75) is 50.9 Å². The molecule has 0 radical (unpaired) electrons. The van der Waals surface area contributed by atoms with Crippen molar-refractivity contribution < 1.29 is 14.0 Å². The summed E-state index contributed by atoms with van der Waals surface area (Å²) in [4.78, 5) is 6.95. The summed E-state index contributed by atoms with van der Waals surface area (Å²) in [7, 11) is 0. The Kier molecular flexibility index (Phi) is 5.94. The molecule has 0 aliphatic carbocycles. The van der Waals surface area contributed by atoms with Crippen LogP contribution in [-0.2, 0) is 22.4 Å². The van der Waals surface area contributed by atoms with E-state index in [-0.39, 0.29) is 0 Å². The predicted molar refractivity (Wildman–Crippen MR) is 96.8 cm³/mol. The minimum absolute atomic E-state index is 0.308. The molecule has 0 spiro atoms. The summed E-state index contributed by atoms with van der Waals surface area (Å²) in [5.41, 5.74) is 1.19. The van der Waals surface area contributed by atoms with Crippen molar-refractivity contribution in [2.24, 2.45) is 0 Å². The first-order valence-electron chi connectivity index (χ1n) is 9.66. The van der Waals surface area contributed by atoms with Crippen LogP contribution in [0, 0.1) is 0 Å². The van der Waals surface area contributed by atoms with Gasteiger partial charge in [-0.2, -0.15) is 4.98 Å². The first-order chi connectivity index (χ1) is 12.8. The van der Waals surface area contributed by atoms with Gasteiger partial charge in [0.25, 0.3) is 0 Å². The molecular formula is C20H27N3O3. The number of benzene rings is 1. The average molecular weight is 357 g/mol. The van der Waals surface area contributed by atoms with Crippen molar-refractivity contribution in [3.8, 4) is 0 Å². The summed E-state index contributed by atoms with van der Waals surface area (Å²) in [5.74, 6) is 1.41. The van der Waals surface area contributed by atoms with E-state index in [9.17, 15) is 0 Å². The Balaban J connectivity index is 1.37. The van der Waals surface area contributed by atoms with Gasteiger partial charge < -0.3 is 14.0 Å². The number of aromatic nitrogens is 2. The van der Waals surface area contributed by atoms with Crippen molar-refractivity contribution in [3.05, 3.63) is 47.6 Å². The van der Waals surface area contributed by atoms with E-state index < -0.39 is 0 Å². The zero-order chi connectivity index (χ0) is 17.6. The van der Waals surface area contributed by atoms with Crippen molar-refractivity contribution in [1.29, 1.82) is 0 Å². The Labute approximate surface area is 154 Å². The predicted octanol–water partition coefficient (Wildman–Crippen LogP) is 2.82. The number of nitrogens with zero attached hydrogens (tertiary/aromatic N) is 3. The molecule has 2 saturated heterocycles. The summed E-state index contributed by atoms with van der Waals surface area (Å²) < 4.78 is 17.2. The average Bonchev–Trinajstić information content (AvgIpc) is 3.40. The van der Waals surface area contributed by atoms with Crippen molar-refractivity contribution in [1.82, 2.24) is 15.0 Å². The van der Waals surface area contributed by atoms with Crippen LogP contribution in [0.25, 0.3) is 0 Å². The van der Waals surface area contributed by atoms with Crippen LogP contribution in [0.4, 0.5) is 0 Å². The minimum atomic E-state index is 0.308. The highest BCUT2D eigenvalue weighted by Gasteiger charge is 2.25. The number of hydrogen-bond acceptors (Lipinski definition) is 6. The second kappa shape index (κ2) is 8.75. The lowest BCUT2D eigenvalue weighted by atomic mass is 10.1. The molecule has 2 fully saturated rings. The largest absolute Gasteiger partial charge is 0.377 e. The zero-order valence-electron chi connectivity index (χ0n) is 15.2. The van der Waals surface area contributed by atoms with Gasteiger partial charge in [-0.1, -0.05) is 35.5 Å². The van der Waals surface area contributed by atoms with E-state index in [0.717, 1.165) is 57.8 Å². The second-order valence-corrected chi connectivity index (χ2v) is 7.23. The van der Waals surface area contributed by atoms with E-state index in [2.05, 4.69) is 27.2 Å². The highest BCUT2D eigenvalue weighted by Crippen LogP contribution is 2.19. The topological polar surface area (TPSA) is 60.6 Å². The molecule has 6 heteroatoms. The maximum absolute atomic E-state index is 5.82. The van der Waals surface area contributed by atoms with E-state index in [1.807, 2.05) is 18.2 Å². The van der Waals surface area contributed by atoms with E-state index in [0.29, 0.717) is 31.1 Å². The highest BCUT2D eigenvalue weighted by molar-refractivity contribution is 5.18. The van der Waals surface area contributed by atoms with E-state index in [1.165, 1.54) is 5.56 Å². The van der Waals surface area contributed by atoms with Crippen molar-refractivity contribution in [2.75, 3.05) is 26.3 Å². The first kappa shape index (κ1) is 17.6. The fraction of sp³-hybridized carbons (Fsp3) is 0.600. The van der Waals surface area contributed by atoms with Gasteiger partial charge in [-0.25, -0.2) is 0 Å². The maximum atomic E-state index is 5.82. The fourth-order valence-corrected chi connectivity index (χ4v) is 3.75. The van der Waals surface area contributed by atoms with Gasteiger partial charge in [-0.15, -0.1) is 0 Å². The number of rotatable bonds is 8. The van der Waals surface area contributed by atoms with Gasteiger partial charge in [0, 0.05) is 32.7 Å². The lowest BCUT2D eigenvalue weighted by Crippen LogP contribution is -2.37.